The molecule has 2 N–H and O–H groups in total. The van der Waals surface area contributed by atoms with Crippen LogP contribution in [0.4, 0.5) is 10.5 Å². The van der Waals surface area contributed by atoms with Crippen LogP contribution in [0.2, 0.25) is 0 Å². The number of amides is 2. The van der Waals surface area contributed by atoms with Crippen molar-refractivity contribution in [1.82, 2.24) is 24.9 Å². The number of hydrogen-bond donors (Lipinski definition) is 2. The van der Waals surface area contributed by atoms with Crippen LogP contribution in [-0.4, -0.2) is 39.2 Å². The lowest BCUT2D eigenvalue weighted by atomic mass is 10.2. The lowest BCUT2D eigenvalue weighted by Gasteiger charge is -2.08. The number of carbonyl (C=O) groups excluding carboxylic acids is 1. The Balaban J connectivity index is 1.78. The summed E-state index contributed by atoms with van der Waals surface area (Å²) in [5.41, 5.74) is 2.47. The van der Waals surface area contributed by atoms with Gasteiger partial charge in [0.1, 0.15) is 5.69 Å². The Hall–Kier alpha value is -2.51. The molecule has 8 nitrogen and oxygen atoms in total. The zero-order valence-corrected chi connectivity index (χ0v) is 13.4. The van der Waals surface area contributed by atoms with Crippen LogP contribution in [0.5, 0.6) is 5.88 Å². The average Bonchev–Trinajstić information content (AvgIpc) is 2.99. The molecule has 2 rings (SSSR count). The van der Waals surface area contributed by atoms with Gasteiger partial charge in [0.2, 0.25) is 5.88 Å². The van der Waals surface area contributed by atoms with Gasteiger partial charge in [0.25, 0.3) is 0 Å². The third-order valence-corrected chi connectivity index (χ3v) is 3.29. The number of anilines is 1. The van der Waals surface area contributed by atoms with Gasteiger partial charge >= 0.3 is 6.03 Å². The molecule has 22 heavy (non-hydrogen) atoms. The Morgan fingerprint density at radius 1 is 1.41 bits per heavy atom. The van der Waals surface area contributed by atoms with Crippen LogP contribution >= 0.6 is 0 Å². The molecule has 0 spiro atoms. The number of methoxy groups -OCH3 is 1. The first kappa shape index (κ1) is 15.9. The lowest BCUT2D eigenvalue weighted by Crippen LogP contribution is -2.30. The van der Waals surface area contributed by atoms with Crippen molar-refractivity contribution in [2.24, 2.45) is 14.1 Å². The third-order valence-electron chi connectivity index (χ3n) is 3.29. The van der Waals surface area contributed by atoms with Crippen LogP contribution in [0.3, 0.4) is 0 Å². The molecular weight excluding hydrogens is 284 g/mol. The Bertz CT molecular complexity index is 646. The maximum Gasteiger partial charge on any atom is 0.319 e. The highest BCUT2D eigenvalue weighted by Crippen LogP contribution is 2.26. The fraction of sp³-hybridized carbons (Fsp3) is 0.500. The summed E-state index contributed by atoms with van der Waals surface area (Å²) >= 11 is 0. The molecule has 0 radical (unpaired) electrons. The van der Waals surface area contributed by atoms with E-state index in [1.807, 2.05) is 26.4 Å². The second kappa shape index (κ2) is 6.97. The lowest BCUT2D eigenvalue weighted by molar-refractivity contribution is 0.252. The molecule has 0 aliphatic carbocycles. The van der Waals surface area contributed by atoms with E-state index >= 15 is 0 Å². The number of carbonyl (C=O) groups is 1. The van der Waals surface area contributed by atoms with Crippen LogP contribution in [0.1, 0.15) is 17.7 Å². The summed E-state index contributed by atoms with van der Waals surface area (Å²) < 4.78 is 8.59. The monoisotopic (exact) mass is 306 g/mol. The van der Waals surface area contributed by atoms with Crippen molar-refractivity contribution in [2.45, 2.75) is 19.8 Å². The molecule has 0 fully saturated rings. The molecule has 0 aromatic carbocycles. The molecule has 0 atom stereocenters. The van der Waals surface area contributed by atoms with Crippen molar-refractivity contribution >= 4 is 11.7 Å². The first-order valence-corrected chi connectivity index (χ1v) is 7.11. The molecule has 2 heterocycles. The minimum Gasteiger partial charge on any atom is -0.480 e. The highest BCUT2D eigenvalue weighted by Gasteiger charge is 2.15. The molecule has 0 bridgehead atoms. The van der Waals surface area contributed by atoms with E-state index in [1.165, 1.54) is 0 Å². The van der Waals surface area contributed by atoms with Crippen molar-refractivity contribution in [3.8, 4) is 5.88 Å². The molecule has 8 heteroatoms. The number of aryl methyl sites for hydroxylation is 4. The first-order chi connectivity index (χ1) is 10.5. The van der Waals surface area contributed by atoms with Gasteiger partial charge in [-0.25, -0.2) is 9.48 Å². The van der Waals surface area contributed by atoms with Crippen molar-refractivity contribution in [3.63, 3.8) is 0 Å². The largest absolute Gasteiger partial charge is 0.480 e. The quantitative estimate of drug-likeness (QED) is 0.786. The van der Waals surface area contributed by atoms with Crippen molar-refractivity contribution in [1.29, 1.82) is 0 Å². The van der Waals surface area contributed by atoms with Gasteiger partial charge in [0, 0.05) is 26.8 Å². The van der Waals surface area contributed by atoms with Gasteiger partial charge in [-0.2, -0.15) is 10.2 Å². The molecule has 0 aliphatic heterocycles. The Labute approximate surface area is 129 Å². The minimum absolute atomic E-state index is 0.263. The fourth-order valence-electron chi connectivity index (χ4n) is 2.27. The molecule has 0 saturated carbocycles. The van der Waals surface area contributed by atoms with Crippen molar-refractivity contribution in [2.75, 3.05) is 19.0 Å². The smallest absolute Gasteiger partial charge is 0.319 e. The summed E-state index contributed by atoms with van der Waals surface area (Å²) in [5, 5.41) is 13.9. The van der Waals surface area contributed by atoms with E-state index in [0.29, 0.717) is 23.8 Å². The fourth-order valence-corrected chi connectivity index (χ4v) is 2.27. The van der Waals surface area contributed by atoms with Gasteiger partial charge in [0.15, 0.2) is 0 Å². The average molecular weight is 306 g/mol. The number of nitrogens with one attached hydrogen (secondary N) is 2. The number of urea groups is 1. The highest BCUT2D eigenvalue weighted by atomic mass is 16.5. The summed E-state index contributed by atoms with van der Waals surface area (Å²) in [6.45, 7) is 2.41. The second-order valence-electron chi connectivity index (χ2n) is 5.10. The van der Waals surface area contributed by atoms with Crippen LogP contribution in [-0.2, 0) is 20.5 Å². The normalized spacial score (nSPS) is 10.5. The molecular formula is C14H22N6O2. The first-order valence-electron chi connectivity index (χ1n) is 7.11. The van der Waals surface area contributed by atoms with Gasteiger partial charge < -0.3 is 15.4 Å². The van der Waals surface area contributed by atoms with Crippen molar-refractivity contribution in [3.05, 3.63) is 23.7 Å². The Morgan fingerprint density at radius 3 is 2.82 bits per heavy atom. The predicted molar refractivity (Wildman–Crippen MR) is 83.0 cm³/mol. The van der Waals surface area contributed by atoms with E-state index < -0.39 is 0 Å². The summed E-state index contributed by atoms with van der Waals surface area (Å²) in [6, 6.07) is -0.263. The minimum atomic E-state index is -0.263. The molecule has 0 unspecified atom stereocenters. The molecule has 0 saturated heterocycles. The number of rotatable bonds is 6. The second-order valence-corrected chi connectivity index (χ2v) is 5.10. The zero-order chi connectivity index (χ0) is 16.1. The van der Waals surface area contributed by atoms with E-state index in [4.69, 9.17) is 4.74 Å². The van der Waals surface area contributed by atoms with Gasteiger partial charge in [-0.3, -0.25) is 4.68 Å². The van der Waals surface area contributed by atoms with Gasteiger partial charge in [0.05, 0.1) is 19.0 Å². The SMILES string of the molecule is COc1c(NC(=O)NCCCc2cnn(C)c2)c(C)nn1C. The summed E-state index contributed by atoms with van der Waals surface area (Å²) in [6.07, 6.45) is 5.54. The van der Waals surface area contributed by atoms with Gasteiger partial charge in [-0.05, 0) is 25.3 Å². The predicted octanol–water partition coefficient (Wildman–Crippen LogP) is 1.22. The van der Waals surface area contributed by atoms with Gasteiger partial charge in [-0.15, -0.1) is 0 Å². The summed E-state index contributed by atoms with van der Waals surface area (Å²) in [5.74, 6) is 0.531. The van der Waals surface area contributed by atoms with E-state index in [-0.39, 0.29) is 6.03 Å². The number of hydrogen-bond acceptors (Lipinski definition) is 4. The number of ether oxygens (including phenoxy) is 1. The maximum absolute atomic E-state index is 11.9. The van der Waals surface area contributed by atoms with Crippen molar-refractivity contribution < 1.29 is 9.53 Å². The third kappa shape index (κ3) is 3.78. The van der Waals surface area contributed by atoms with Crippen LogP contribution in [0, 0.1) is 6.92 Å². The molecule has 0 aliphatic rings. The van der Waals surface area contributed by atoms with Crippen LogP contribution < -0.4 is 15.4 Å². The van der Waals surface area contributed by atoms with E-state index in [2.05, 4.69) is 20.8 Å². The molecule has 2 amide bonds. The summed E-state index contributed by atoms with van der Waals surface area (Å²) in [4.78, 5) is 11.9. The molecule has 120 valence electrons. The Morgan fingerprint density at radius 2 is 2.18 bits per heavy atom. The maximum atomic E-state index is 11.9. The number of aromatic nitrogens is 4. The molecule has 2 aromatic heterocycles. The van der Waals surface area contributed by atoms with Gasteiger partial charge in [-0.1, -0.05) is 0 Å². The topological polar surface area (TPSA) is 86.0 Å². The van der Waals surface area contributed by atoms with Crippen LogP contribution in [0.15, 0.2) is 12.4 Å². The Kier molecular flexibility index (Phi) is 5.03. The zero-order valence-electron chi connectivity index (χ0n) is 13.4. The van der Waals surface area contributed by atoms with E-state index in [1.54, 1.807) is 23.5 Å². The van der Waals surface area contributed by atoms with Crippen LogP contribution in [0.25, 0.3) is 0 Å². The van der Waals surface area contributed by atoms with E-state index in [0.717, 1.165) is 18.4 Å². The summed E-state index contributed by atoms with van der Waals surface area (Å²) in [7, 11) is 5.20. The van der Waals surface area contributed by atoms with E-state index in [9.17, 15) is 4.79 Å². The molecule has 2 aromatic rings. The highest BCUT2D eigenvalue weighted by molar-refractivity contribution is 5.91. The standard InChI is InChI=1S/C14H22N6O2/c1-10-12(13(22-4)20(3)18-10)17-14(21)15-7-5-6-11-8-16-19(2)9-11/h8-9H,5-7H2,1-4H3,(H2,15,17,21). The number of nitrogens with zero attached hydrogens (tertiary/aromatic N) is 4.